The SMILES string of the molecule is Cl.O=C(Nc1ccccn1)c1ccn[nH]1. The molecular formula is C9H9ClN4O. The Balaban J connectivity index is 0.00000112. The van der Waals surface area contributed by atoms with Gasteiger partial charge in [-0.25, -0.2) is 4.98 Å². The Kier molecular flexibility index (Phi) is 3.82. The lowest BCUT2D eigenvalue weighted by Crippen LogP contribution is -2.13. The van der Waals surface area contributed by atoms with Gasteiger partial charge in [0.25, 0.3) is 5.91 Å². The highest BCUT2D eigenvalue weighted by atomic mass is 35.5. The average molecular weight is 225 g/mol. The highest BCUT2D eigenvalue weighted by Crippen LogP contribution is 2.02. The summed E-state index contributed by atoms with van der Waals surface area (Å²) in [5.41, 5.74) is 0.413. The number of H-pyrrole nitrogens is 1. The molecule has 0 radical (unpaired) electrons. The fraction of sp³-hybridized carbons (Fsp3) is 0. The molecule has 0 aromatic carbocycles. The minimum Gasteiger partial charge on any atom is -0.305 e. The summed E-state index contributed by atoms with van der Waals surface area (Å²) in [7, 11) is 0. The monoisotopic (exact) mass is 224 g/mol. The van der Waals surface area contributed by atoms with Crippen LogP contribution in [0.4, 0.5) is 5.82 Å². The highest BCUT2D eigenvalue weighted by Gasteiger charge is 2.06. The third-order valence-electron chi connectivity index (χ3n) is 1.65. The van der Waals surface area contributed by atoms with E-state index in [-0.39, 0.29) is 18.3 Å². The first-order valence-electron chi connectivity index (χ1n) is 4.08. The maximum absolute atomic E-state index is 11.5. The lowest BCUT2D eigenvalue weighted by molar-refractivity contribution is 0.102. The zero-order valence-corrected chi connectivity index (χ0v) is 8.49. The third kappa shape index (κ3) is 2.78. The lowest BCUT2D eigenvalue weighted by Gasteiger charge is -2.00. The molecule has 2 N–H and O–H groups in total. The summed E-state index contributed by atoms with van der Waals surface area (Å²) in [6, 6.07) is 6.90. The molecule has 2 heterocycles. The number of carbonyl (C=O) groups excluding carboxylic acids is 1. The van der Waals surface area contributed by atoms with Crippen molar-refractivity contribution >= 4 is 24.1 Å². The van der Waals surface area contributed by atoms with Crippen molar-refractivity contribution in [1.82, 2.24) is 15.2 Å². The molecule has 6 heteroatoms. The van der Waals surface area contributed by atoms with Gasteiger partial charge in [0.1, 0.15) is 11.5 Å². The maximum Gasteiger partial charge on any atom is 0.274 e. The van der Waals surface area contributed by atoms with Crippen molar-refractivity contribution in [3.63, 3.8) is 0 Å². The summed E-state index contributed by atoms with van der Waals surface area (Å²) >= 11 is 0. The predicted octanol–water partition coefficient (Wildman–Crippen LogP) is 1.48. The standard InChI is InChI=1S/C9H8N4O.ClH/c14-9(7-4-6-11-13-7)12-8-3-1-2-5-10-8;/h1-6H,(H,11,13)(H,10,12,14);1H. The van der Waals surface area contributed by atoms with E-state index in [0.717, 1.165) is 0 Å². The summed E-state index contributed by atoms with van der Waals surface area (Å²) in [6.07, 6.45) is 3.13. The highest BCUT2D eigenvalue weighted by molar-refractivity contribution is 6.02. The molecule has 0 fully saturated rings. The van der Waals surface area contributed by atoms with E-state index in [2.05, 4.69) is 20.5 Å². The van der Waals surface area contributed by atoms with Crippen molar-refractivity contribution in [2.75, 3.05) is 5.32 Å². The molecule has 0 unspecified atom stereocenters. The molecule has 0 aliphatic rings. The van der Waals surface area contributed by atoms with Gasteiger partial charge < -0.3 is 5.32 Å². The van der Waals surface area contributed by atoms with Crippen molar-refractivity contribution in [2.24, 2.45) is 0 Å². The molecular weight excluding hydrogens is 216 g/mol. The fourth-order valence-corrected chi connectivity index (χ4v) is 1.00. The molecule has 2 aromatic rings. The Morgan fingerprint density at radius 3 is 2.73 bits per heavy atom. The molecule has 78 valence electrons. The van der Waals surface area contributed by atoms with Crippen LogP contribution in [0.25, 0.3) is 0 Å². The van der Waals surface area contributed by atoms with Gasteiger partial charge in [0.15, 0.2) is 0 Å². The summed E-state index contributed by atoms with van der Waals surface area (Å²) < 4.78 is 0. The normalized spacial score (nSPS) is 9.07. The molecule has 0 aliphatic carbocycles. The topological polar surface area (TPSA) is 70.7 Å². The second-order valence-electron chi connectivity index (χ2n) is 2.64. The van der Waals surface area contributed by atoms with Crippen LogP contribution in [0.5, 0.6) is 0 Å². The molecule has 0 bridgehead atoms. The van der Waals surface area contributed by atoms with Gasteiger partial charge in [0, 0.05) is 12.4 Å². The molecule has 15 heavy (non-hydrogen) atoms. The van der Waals surface area contributed by atoms with Crippen molar-refractivity contribution in [3.8, 4) is 0 Å². The number of hydrogen-bond donors (Lipinski definition) is 2. The maximum atomic E-state index is 11.5. The van der Waals surface area contributed by atoms with Gasteiger partial charge in [-0.15, -0.1) is 12.4 Å². The number of aromatic amines is 1. The van der Waals surface area contributed by atoms with Gasteiger partial charge in [-0.05, 0) is 18.2 Å². The lowest BCUT2D eigenvalue weighted by atomic mass is 10.4. The summed E-state index contributed by atoms with van der Waals surface area (Å²) in [5, 5.41) is 8.87. The van der Waals surface area contributed by atoms with Crippen LogP contribution < -0.4 is 5.32 Å². The van der Waals surface area contributed by atoms with E-state index in [1.807, 2.05) is 0 Å². The second kappa shape index (κ2) is 5.11. The number of anilines is 1. The van der Waals surface area contributed by atoms with Crippen LogP contribution in [0.3, 0.4) is 0 Å². The van der Waals surface area contributed by atoms with Crippen LogP contribution in [0.2, 0.25) is 0 Å². The van der Waals surface area contributed by atoms with E-state index >= 15 is 0 Å². The van der Waals surface area contributed by atoms with Gasteiger partial charge in [-0.2, -0.15) is 5.10 Å². The Labute approximate surface area is 92.3 Å². The molecule has 0 aliphatic heterocycles. The van der Waals surface area contributed by atoms with E-state index in [1.165, 1.54) is 6.20 Å². The number of nitrogens with one attached hydrogen (secondary N) is 2. The Hall–Kier alpha value is -1.88. The minimum absolute atomic E-state index is 0. The van der Waals surface area contributed by atoms with Gasteiger partial charge in [-0.1, -0.05) is 6.07 Å². The van der Waals surface area contributed by atoms with Crippen LogP contribution in [0.15, 0.2) is 36.7 Å². The van der Waals surface area contributed by atoms with Crippen molar-refractivity contribution in [3.05, 3.63) is 42.4 Å². The molecule has 2 rings (SSSR count). The number of halogens is 1. The number of hydrogen-bond acceptors (Lipinski definition) is 3. The largest absolute Gasteiger partial charge is 0.305 e. The first kappa shape index (κ1) is 11.2. The van der Waals surface area contributed by atoms with Gasteiger partial charge >= 0.3 is 0 Å². The number of aromatic nitrogens is 3. The summed E-state index contributed by atoms with van der Waals surface area (Å²) in [6.45, 7) is 0. The first-order chi connectivity index (χ1) is 6.86. The van der Waals surface area contributed by atoms with Gasteiger partial charge in [0.2, 0.25) is 0 Å². The van der Waals surface area contributed by atoms with E-state index in [0.29, 0.717) is 11.5 Å². The number of rotatable bonds is 2. The predicted molar refractivity (Wildman–Crippen MR) is 58.0 cm³/mol. The smallest absolute Gasteiger partial charge is 0.274 e. The summed E-state index contributed by atoms with van der Waals surface area (Å²) in [4.78, 5) is 15.4. The van der Waals surface area contributed by atoms with E-state index in [1.54, 1.807) is 30.5 Å². The molecule has 5 nitrogen and oxygen atoms in total. The molecule has 2 aromatic heterocycles. The minimum atomic E-state index is -0.249. The van der Waals surface area contributed by atoms with E-state index < -0.39 is 0 Å². The van der Waals surface area contributed by atoms with Crippen LogP contribution in [0, 0.1) is 0 Å². The van der Waals surface area contributed by atoms with Crippen molar-refractivity contribution < 1.29 is 4.79 Å². The Bertz CT molecular complexity index is 415. The van der Waals surface area contributed by atoms with Crippen LogP contribution in [-0.2, 0) is 0 Å². The molecule has 1 amide bonds. The van der Waals surface area contributed by atoms with E-state index in [9.17, 15) is 4.79 Å². The second-order valence-corrected chi connectivity index (χ2v) is 2.64. The van der Waals surface area contributed by atoms with E-state index in [4.69, 9.17) is 0 Å². The zero-order chi connectivity index (χ0) is 9.80. The van der Waals surface area contributed by atoms with Gasteiger partial charge in [-0.3, -0.25) is 9.89 Å². The quantitative estimate of drug-likeness (QED) is 0.812. The zero-order valence-electron chi connectivity index (χ0n) is 7.68. The third-order valence-corrected chi connectivity index (χ3v) is 1.65. The van der Waals surface area contributed by atoms with Crippen molar-refractivity contribution in [2.45, 2.75) is 0 Å². The summed E-state index contributed by atoms with van der Waals surface area (Å²) in [5.74, 6) is 0.272. The van der Waals surface area contributed by atoms with Crippen molar-refractivity contribution in [1.29, 1.82) is 0 Å². The first-order valence-corrected chi connectivity index (χ1v) is 4.08. The number of pyridine rings is 1. The van der Waals surface area contributed by atoms with Crippen LogP contribution in [0.1, 0.15) is 10.5 Å². The Morgan fingerprint density at radius 2 is 2.13 bits per heavy atom. The number of nitrogens with zero attached hydrogens (tertiary/aromatic N) is 2. The fourth-order valence-electron chi connectivity index (χ4n) is 1.00. The van der Waals surface area contributed by atoms with Crippen LogP contribution >= 0.6 is 12.4 Å². The number of carbonyl (C=O) groups is 1. The molecule has 0 saturated heterocycles. The molecule has 0 spiro atoms. The van der Waals surface area contributed by atoms with Crippen LogP contribution in [-0.4, -0.2) is 21.1 Å². The molecule has 0 saturated carbocycles. The number of amides is 1. The Morgan fingerprint density at radius 1 is 1.27 bits per heavy atom. The molecule has 0 atom stereocenters. The average Bonchev–Trinajstić information content (AvgIpc) is 2.72. The van der Waals surface area contributed by atoms with Gasteiger partial charge in [0.05, 0.1) is 0 Å².